The van der Waals surface area contributed by atoms with Gasteiger partial charge in [-0.1, -0.05) is 37.6 Å². The van der Waals surface area contributed by atoms with E-state index in [9.17, 15) is 4.79 Å². The van der Waals surface area contributed by atoms with Crippen LogP contribution in [-0.4, -0.2) is 12.5 Å². The molecule has 0 heterocycles. The van der Waals surface area contributed by atoms with Gasteiger partial charge in [-0.25, -0.2) is 0 Å². The van der Waals surface area contributed by atoms with Crippen LogP contribution in [0, 0.1) is 11.8 Å². The first-order valence-electron chi connectivity index (χ1n) is 7.22. The van der Waals surface area contributed by atoms with E-state index < -0.39 is 0 Å². The summed E-state index contributed by atoms with van der Waals surface area (Å²) >= 11 is 0. The molecule has 3 N–H and O–H groups in total. The topological polar surface area (TPSA) is 55.1 Å². The summed E-state index contributed by atoms with van der Waals surface area (Å²) in [7, 11) is 0. The Labute approximate surface area is 115 Å². The molecular weight excluding hydrogens is 236 g/mol. The van der Waals surface area contributed by atoms with Gasteiger partial charge in [0.25, 0.3) is 0 Å². The molecule has 0 radical (unpaired) electrons. The third-order valence-corrected chi connectivity index (χ3v) is 4.08. The molecular formula is C16H24N2O. The van der Waals surface area contributed by atoms with Gasteiger partial charge in [-0.05, 0) is 35.8 Å². The summed E-state index contributed by atoms with van der Waals surface area (Å²) in [6.45, 7) is 3.61. The van der Waals surface area contributed by atoms with Gasteiger partial charge in [0, 0.05) is 13.1 Å². The van der Waals surface area contributed by atoms with Gasteiger partial charge in [0.05, 0.1) is 6.42 Å². The molecule has 0 aliphatic heterocycles. The maximum absolute atomic E-state index is 12.0. The van der Waals surface area contributed by atoms with Crippen LogP contribution in [-0.2, 0) is 17.8 Å². The summed E-state index contributed by atoms with van der Waals surface area (Å²) in [5.41, 5.74) is 7.79. The van der Waals surface area contributed by atoms with Crippen molar-refractivity contribution in [3.63, 3.8) is 0 Å². The molecule has 3 nitrogen and oxygen atoms in total. The first-order chi connectivity index (χ1) is 9.19. The highest BCUT2D eigenvalue weighted by Crippen LogP contribution is 2.29. The van der Waals surface area contributed by atoms with Gasteiger partial charge in [0.2, 0.25) is 5.91 Å². The molecule has 1 aliphatic carbocycles. The van der Waals surface area contributed by atoms with E-state index in [4.69, 9.17) is 5.73 Å². The fourth-order valence-electron chi connectivity index (χ4n) is 2.93. The Balaban J connectivity index is 1.81. The first-order valence-corrected chi connectivity index (χ1v) is 7.22. The summed E-state index contributed by atoms with van der Waals surface area (Å²) in [6.07, 6.45) is 4.24. The zero-order chi connectivity index (χ0) is 13.7. The van der Waals surface area contributed by atoms with Crippen molar-refractivity contribution in [2.75, 3.05) is 6.54 Å². The normalized spacial score (nSPS) is 22.4. The smallest absolute Gasteiger partial charge is 0.224 e. The third-order valence-electron chi connectivity index (χ3n) is 4.08. The van der Waals surface area contributed by atoms with Crippen molar-refractivity contribution in [1.82, 2.24) is 5.32 Å². The quantitative estimate of drug-likeness (QED) is 0.853. The molecule has 2 unspecified atom stereocenters. The van der Waals surface area contributed by atoms with Gasteiger partial charge in [0.1, 0.15) is 0 Å². The Bertz CT molecular complexity index is 431. The second kappa shape index (κ2) is 6.71. The minimum atomic E-state index is 0.112. The van der Waals surface area contributed by atoms with Crippen LogP contribution in [0.1, 0.15) is 37.3 Å². The first kappa shape index (κ1) is 14.1. The van der Waals surface area contributed by atoms with Crippen molar-refractivity contribution in [1.29, 1.82) is 0 Å². The molecule has 0 aromatic heterocycles. The molecule has 1 aromatic rings. The zero-order valence-electron chi connectivity index (χ0n) is 11.7. The van der Waals surface area contributed by atoms with Crippen LogP contribution in [0.3, 0.4) is 0 Å². The average Bonchev–Trinajstić information content (AvgIpc) is 2.83. The Morgan fingerprint density at radius 3 is 2.68 bits per heavy atom. The molecule has 19 heavy (non-hydrogen) atoms. The second-order valence-electron chi connectivity index (χ2n) is 5.74. The number of carbonyl (C=O) groups is 1. The molecule has 0 bridgehead atoms. The predicted molar refractivity (Wildman–Crippen MR) is 77.6 cm³/mol. The summed E-state index contributed by atoms with van der Waals surface area (Å²) in [6, 6.07) is 7.89. The fourth-order valence-corrected chi connectivity index (χ4v) is 2.93. The number of nitrogens with two attached hydrogens (primary N) is 1. The number of rotatable bonds is 5. The van der Waals surface area contributed by atoms with Crippen molar-refractivity contribution in [2.24, 2.45) is 17.6 Å². The predicted octanol–water partition coefficient (Wildman–Crippen LogP) is 2.24. The van der Waals surface area contributed by atoms with Crippen molar-refractivity contribution in [2.45, 2.75) is 39.2 Å². The van der Waals surface area contributed by atoms with Crippen LogP contribution in [0.2, 0.25) is 0 Å². The molecule has 1 amide bonds. The van der Waals surface area contributed by atoms with Crippen LogP contribution >= 0.6 is 0 Å². The highest BCUT2D eigenvalue weighted by molar-refractivity contribution is 5.78. The van der Waals surface area contributed by atoms with Gasteiger partial charge in [-0.2, -0.15) is 0 Å². The van der Waals surface area contributed by atoms with Crippen LogP contribution in [0.5, 0.6) is 0 Å². The maximum Gasteiger partial charge on any atom is 0.224 e. The summed E-state index contributed by atoms with van der Waals surface area (Å²) in [4.78, 5) is 12.0. The molecule has 2 atom stereocenters. The Morgan fingerprint density at radius 1 is 1.32 bits per heavy atom. The Hall–Kier alpha value is -1.35. The third kappa shape index (κ3) is 4.06. The molecule has 2 rings (SSSR count). The number of hydrogen-bond acceptors (Lipinski definition) is 2. The summed E-state index contributed by atoms with van der Waals surface area (Å²) < 4.78 is 0. The van der Waals surface area contributed by atoms with E-state index in [0.717, 1.165) is 23.6 Å². The van der Waals surface area contributed by atoms with Gasteiger partial charge in [-0.15, -0.1) is 0 Å². The maximum atomic E-state index is 12.0. The lowest BCUT2D eigenvalue weighted by Gasteiger charge is -2.12. The van der Waals surface area contributed by atoms with Crippen molar-refractivity contribution < 1.29 is 4.79 Å². The second-order valence-corrected chi connectivity index (χ2v) is 5.74. The SMILES string of the molecule is CC1CCC(CNC(=O)Cc2ccccc2CN)C1. The minimum absolute atomic E-state index is 0.112. The van der Waals surface area contributed by atoms with Crippen LogP contribution in [0.15, 0.2) is 24.3 Å². The van der Waals surface area contributed by atoms with Gasteiger partial charge < -0.3 is 11.1 Å². The molecule has 0 spiro atoms. The fraction of sp³-hybridized carbons (Fsp3) is 0.562. The Kier molecular flexibility index (Phi) is 4.97. The lowest BCUT2D eigenvalue weighted by atomic mass is 10.0. The van der Waals surface area contributed by atoms with Gasteiger partial charge in [0.15, 0.2) is 0 Å². The molecule has 1 aliphatic rings. The number of hydrogen-bond donors (Lipinski definition) is 2. The van der Waals surface area contributed by atoms with E-state index in [1.165, 1.54) is 19.3 Å². The van der Waals surface area contributed by atoms with Crippen LogP contribution in [0.25, 0.3) is 0 Å². The monoisotopic (exact) mass is 260 g/mol. The van der Waals surface area contributed by atoms with E-state index in [1.807, 2.05) is 24.3 Å². The lowest BCUT2D eigenvalue weighted by molar-refractivity contribution is -0.120. The average molecular weight is 260 g/mol. The summed E-state index contributed by atoms with van der Waals surface area (Å²) in [5.74, 6) is 1.60. The number of carbonyl (C=O) groups excluding carboxylic acids is 1. The zero-order valence-corrected chi connectivity index (χ0v) is 11.7. The van der Waals surface area contributed by atoms with E-state index >= 15 is 0 Å². The number of nitrogens with one attached hydrogen (secondary N) is 1. The number of benzene rings is 1. The van der Waals surface area contributed by atoms with Crippen molar-refractivity contribution in [3.05, 3.63) is 35.4 Å². The molecule has 1 aromatic carbocycles. The Morgan fingerprint density at radius 2 is 2.05 bits per heavy atom. The van der Waals surface area contributed by atoms with Crippen molar-refractivity contribution in [3.8, 4) is 0 Å². The van der Waals surface area contributed by atoms with Gasteiger partial charge in [-0.3, -0.25) is 4.79 Å². The molecule has 0 saturated heterocycles. The molecule has 1 saturated carbocycles. The number of amides is 1. The minimum Gasteiger partial charge on any atom is -0.356 e. The largest absolute Gasteiger partial charge is 0.356 e. The van der Waals surface area contributed by atoms with E-state index in [0.29, 0.717) is 18.9 Å². The molecule has 3 heteroatoms. The lowest BCUT2D eigenvalue weighted by Crippen LogP contribution is -2.30. The van der Waals surface area contributed by atoms with E-state index in [-0.39, 0.29) is 5.91 Å². The van der Waals surface area contributed by atoms with Crippen LogP contribution < -0.4 is 11.1 Å². The van der Waals surface area contributed by atoms with Crippen LogP contribution in [0.4, 0.5) is 0 Å². The summed E-state index contributed by atoms with van der Waals surface area (Å²) in [5, 5.41) is 3.07. The highest BCUT2D eigenvalue weighted by Gasteiger charge is 2.21. The van der Waals surface area contributed by atoms with E-state index in [2.05, 4.69) is 12.2 Å². The van der Waals surface area contributed by atoms with E-state index in [1.54, 1.807) is 0 Å². The standard InChI is InChI=1S/C16H24N2O/c1-12-6-7-13(8-12)11-18-16(19)9-14-4-2-3-5-15(14)10-17/h2-5,12-13H,6-11,17H2,1H3,(H,18,19). The van der Waals surface area contributed by atoms with Crippen molar-refractivity contribution >= 4 is 5.91 Å². The molecule has 1 fully saturated rings. The van der Waals surface area contributed by atoms with Gasteiger partial charge >= 0.3 is 0 Å². The highest BCUT2D eigenvalue weighted by atomic mass is 16.1. The molecule has 104 valence electrons.